The van der Waals surface area contributed by atoms with E-state index in [9.17, 15) is 4.79 Å². The minimum absolute atomic E-state index is 0.210. The molecule has 2 aliphatic rings. The molecule has 0 radical (unpaired) electrons. The highest BCUT2D eigenvalue weighted by atomic mass is 16.5. The molecule has 1 N–H and O–H groups in total. The standard InChI is InChI=1S/C14H20N4O2/c1-10-15-14(17-16-10)12-9-18(6-7-20-12)13(19)8-11-4-2-3-5-11/h2,4,11-12H,3,5-9H2,1H3,(H,15,16,17). The molecule has 0 bridgehead atoms. The van der Waals surface area contributed by atoms with Gasteiger partial charge in [0.2, 0.25) is 5.91 Å². The van der Waals surface area contributed by atoms with E-state index in [1.165, 1.54) is 0 Å². The van der Waals surface area contributed by atoms with Crippen molar-refractivity contribution in [2.75, 3.05) is 19.7 Å². The fourth-order valence-corrected chi connectivity index (χ4v) is 2.75. The number of amides is 1. The highest BCUT2D eigenvalue weighted by Crippen LogP contribution is 2.24. The Hall–Kier alpha value is -1.69. The molecular weight excluding hydrogens is 256 g/mol. The molecule has 0 saturated carbocycles. The molecule has 0 aromatic carbocycles. The fourth-order valence-electron chi connectivity index (χ4n) is 2.75. The second kappa shape index (κ2) is 5.75. The minimum Gasteiger partial charge on any atom is -0.366 e. The number of morpholine rings is 1. The second-order valence-corrected chi connectivity index (χ2v) is 5.45. The number of aryl methyl sites for hydroxylation is 1. The summed E-state index contributed by atoms with van der Waals surface area (Å²) in [6.45, 7) is 3.61. The van der Waals surface area contributed by atoms with Crippen molar-refractivity contribution in [3.63, 3.8) is 0 Å². The van der Waals surface area contributed by atoms with Gasteiger partial charge in [-0.3, -0.25) is 9.89 Å². The average Bonchev–Trinajstić information content (AvgIpc) is 3.10. The van der Waals surface area contributed by atoms with Crippen LogP contribution in [0, 0.1) is 12.8 Å². The molecule has 0 spiro atoms. The van der Waals surface area contributed by atoms with Crippen LogP contribution < -0.4 is 0 Å². The van der Waals surface area contributed by atoms with Gasteiger partial charge in [-0.05, 0) is 25.7 Å². The molecular formula is C14H20N4O2. The molecule has 108 valence electrons. The van der Waals surface area contributed by atoms with Crippen molar-refractivity contribution < 1.29 is 9.53 Å². The summed E-state index contributed by atoms with van der Waals surface area (Å²) >= 11 is 0. The fraction of sp³-hybridized carbons (Fsp3) is 0.643. The van der Waals surface area contributed by atoms with Crippen molar-refractivity contribution >= 4 is 5.91 Å². The van der Waals surface area contributed by atoms with Crippen LogP contribution in [0.25, 0.3) is 0 Å². The van der Waals surface area contributed by atoms with Crippen LogP contribution in [0.1, 0.15) is 37.0 Å². The molecule has 1 aliphatic heterocycles. The molecule has 1 fully saturated rings. The van der Waals surface area contributed by atoms with Crippen LogP contribution in [0.15, 0.2) is 12.2 Å². The van der Waals surface area contributed by atoms with Gasteiger partial charge in [0.1, 0.15) is 11.9 Å². The lowest BCUT2D eigenvalue weighted by Crippen LogP contribution is -2.43. The third-order valence-corrected chi connectivity index (χ3v) is 3.87. The van der Waals surface area contributed by atoms with E-state index in [1.54, 1.807) is 0 Å². The van der Waals surface area contributed by atoms with Crippen LogP contribution >= 0.6 is 0 Å². The normalized spacial score (nSPS) is 26.1. The Bertz CT molecular complexity index is 511. The van der Waals surface area contributed by atoms with E-state index in [2.05, 4.69) is 27.3 Å². The van der Waals surface area contributed by atoms with Gasteiger partial charge in [-0.15, -0.1) is 0 Å². The molecule has 20 heavy (non-hydrogen) atoms. The first-order chi connectivity index (χ1) is 9.72. The molecule has 6 heteroatoms. The maximum Gasteiger partial charge on any atom is 0.223 e. The lowest BCUT2D eigenvalue weighted by Gasteiger charge is -2.32. The third kappa shape index (κ3) is 2.90. The first-order valence-corrected chi connectivity index (χ1v) is 7.17. The van der Waals surface area contributed by atoms with Crippen molar-refractivity contribution in [2.45, 2.75) is 32.3 Å². The highest BCUT2D eigenvalue weighted by Gasteiger charge is 2.28. The zero-order valence-electron chi connectivity index (χ0n) is 11.7. The lowest BCUT2D eigenvalue weighted by atomic mass is 10.0. The zero-order valence-corrected chi connectivity index (χ0v) is 11.7. The largest absolute Gasteiger partial charge is 0.366 e. The number of hydrogen-bond acceptors (Lipinski definition) is 4. The van der Waals surface area contributed by atoms with Crippen molar-refractivity contribution in [3.05, 3.63) is 23.8 Å². The van der Waals surface area contributed by atoms with E-state index in [1.807, 2.05) is 11.8 Å². The van der Waals surface area contributed by atoms with Gasteiger partial charge in [-0.1, -0.05) is 12.2 Å². The van der Waals surface area contributed by atoms with E-state index in [0.29, 0.717) is 37.9 Å². The van der Waals surface area contributed by atoms with Crippen molar-refractivity contribution in [3.8, 4) is 0 Å². The van der Waals surface area contributed by atoms with Crippen LogP contribution in [0.3, 0.4) is 0 Å². The van der Waals surface area contributed by atoms with Gasteiger partial charge in [0.05, 0.1) is 13.2 Å². The number of aromatic nitrogens is 3. The summed E-state index contributed by atoms with van der Waals surface area (Å²) in [6, 6.07) is 0. The number of H-pyrrole nitrogens is 1. The number of allylic oxidation sites excluding steroid dienone is 2. The van der Waals surface area contributed by atoms with Crippen LogP contribution in [0.4, 0.5) is 0 Å². The van der Waals surface area contributed by atoms with E-state index in [4.69, 9.17) is 4.74 Å². The predicted octanol–water partition coefficient (Wildman–Crippen LogP) is 1.37. The molecule has 2 atom stereocenters. The van der Waals surface area contributed by atoms with Gasteiger partial charge in [0, 0.05) is 13.0 Å². The Kier molecular flexibility index (Phi) is 3.82. The zero-order chi connectivity index (χ0) is 13.9. The number of aromatic amines is 1. The lowest BCUT2D eigenvalue weighted by molar-refractivity contribution is -0.140. The highest BCUT2D eigenvalue weighted by molar-refractivity contribution is 5.76. The number of ether oxygens (including phenoxy) is 1. The Morgan fingerprint density at radius 2 is 2.50 bits per heavy atom. The predicted molar refractivity (Wildman–Crippen MR) is 72.9 cm³/mol. The molecule has 1 aromatic rings. The van der Waals surface area contributed by atoms with Crippen LogP contribution in [0.5, 0.6) is 0 Å². The smallest absolute Gasteiger partial charge is 0.223 e. The van der Waals surface area contributed by atoms with E-state index in [0.717, 1.165) is 18.7 Å². The van der Waals surface area contributed by atoms with Gasteiger partial charge in [-0.25, -0.2) is 4.98 Å². The molecule has 1 aromatic heterocycles. The molecule has 1 aliphatic carbocycles. The first kappa shape index (κ1) is 13.3. The summed E-state index contributed by atoms with van der Waals surface area (Å²) in [5.41, 5.74) is 0. The molecule has 2 unspecified atom stereocenters. The number of carbonyl (C=O) groups is 1. The van der Waals surface area contributed by atoms with E-state index in [-0.39, 0.29) is 12.0 Å². The van der Waals surface area contributed by atoms with Gasteiger partial charge in [-0.2, -0.15) is 5.10 Å². The van der Waals surface area contributed by atoms with Crippen molar-refractivity contribution in [1.29, 1.82) is 0 Å². The first-order valence-electron chi connectivity index (χ1n) is 7.17. The Balaban J connectivity index is 1.59. The van der Waals surface area contributed by atoms with Crippen molar-refractivity contribution in [2.24, 2.45) is 5.92 Å². The Morgan fingerprint density at radius 3 is 3.20 bits per heavy atom. The summed E-state index contributed by atoms with van der Waals surface area (Å²) in [5.74, 6) is 2.03. The third-order valence-electron chi connectivity index (χ3n) is 3.87. The van der Waals surface area contributed by atoms with Crippen molar-refractivity contribution in [1.82, 2.24) is 20.1 Å². The second-order valence-electron chi connectivity index (χ2n) is 5.45. The summed E-state index contributed by atoms with van der Waals surface area (Å²) in [4.78, 5) is 18.5. The number of nitrogens with zero attached hydrogens (tertiary/aromatic N) is 3. The topological polar surface area (TPSA) is 71.1 Å². The maximum atomic E-state index is 12.3. The molecule has 6 nitrogen and oxygen atoms in total. The summed E-state index contributed by atoms with van der Waals surface area (Å²) in [7, 11) is 0. The number of hydrogen-bond donors (Lipinski definition) is 1. The van der Waals surface area contributed by atoms with Gasteiger partial charge < -0.3 is 9.64 Å². The summed E-state index contributed by atoms with van der Waals surface area (Å²) in [6.07, 6.45) is 6.91. The molecule has 3 rings (SSSR count). The quantitative estimate of drug-likeness (QED) is 0.846. The Morgan fingerprint density at radius 1 is 1.60 bits per heavy atom. The van der Waals surface area contributed by atoms with Gasteiger partial charge >= 0.3 is 0 Å². The van der Waals surface area contributed by atoms with Crippen LogP contribution in [-0.2, 0) is 9.53 Å². The van der Waals surface area contributed by atoms with E-state index >= 15 is 0 Å². The van der Waals surface area contributed by atoms with E-state index < -0.39 is 0 Å². The van der Waals surface area contributed by atoms with Gasteiger partial charge in [0.25, 0.3) is 0 Å². The van der Waals surface area contributed by atoms with Crippen LogP contribution in [-0.4, -0.2) is 45.7 Å². The summed E-state index contributed by atoms with van der Waals surface area (Å²) in [5, 5.41) is 6.94. The molecule has 2 heterocycles. The molecule has 1 saturated heterocycles. The van der Waals surface area contributed by atoms with Crippen LogP contribution in [0.2, 0.25) is 0 Å². The molecule has 1 amide bonds. The number of carbonyl (C=O) groups excluding carboxylic acids is 1. The number of nitrogens with one attached hydrogen (secondary N) is 1. The van der Waals surface area contributed by atoms with Gasteiger partial charge in [0.15, 0.2) is 5.82 Å². The maximum absolute atomic E-state index is 12.3. The minimum atomic E-state index is -0.211. The number of rotatable bonds is 3. The monoisotopic (exact) mass is 276 g/mol. The average molecular weight is 276 g/mol. The SMILES string of the molecule is Cc1nc(C2CN(C(=O)CC3C=CCC3)CCO2)n[nH]1. The summed E-state index contributed by atoms with van der Waals surface area (Å²) < 4.78 is 5.67. The Labute approximate surface area is 118 Å².